The van der Waals surface area contributed by atoms with E-state index in [4.69, 9.17) is 9.47 Å². The minimum Gasteiger partial charge on any atom is -0.496 e. The summed E-state index contributed by atoms with van der Waals surface area (Å²) in [5.41, 5.74) is -0.0784. The van der Waals surface area contributed by atoms with Crippen molar-refractivity contribution < 1.29 is 14.6 Å². The molecule has 1 aliphatic rings. The highest BCUT2D eigenvalue weighted by atomic mass is 32.2. The Balaban J connectivity index is 2.56. The van der Waals surface area contributed by atoms with Crippen LogP contribution in [0.2, 0.25) is 0 Å². The molecular formula is C13H18O3S. The maximum absolute atomic E-state index is 10.9. The van der Waals surface area contributed by atoms with Gasteiger partial charge in [0.05, 0.1) is 19.8 Å². The minimum atomic E-state index is -0.859. The summed E-state index contributed by atoms with van der Waals surface area (Å²) in [7, 11) is 3.24. The number of hydrogen-bond acceptors (Lipinski definition) is 4. The third kappa shape index (κ3) is 2.00. The molecule has 0 saturated carbocycles. The van der Waals surface area contributed by atoms with E-state index >= 15 is 0 Å². The smallest absolute Gasteiger partial charge is 0.128 e. The van der Waals surface area contributed by atoms with Crippen LogP contribution in [-0.2, 0) is 5.60 Å². The Hall–Kier alpha value is -0.870. The Morgan fingerprint density at radius 1 is 1.29 bits per heavy atom. The molecule has 0 radical (unpaired) electrons. The maximum atomic E-state index is 10.9. The van der Waals surface area contributed by atoms with E-state index in [1.807, 2.05) is 25.1 Å². The molecule has 0 aliphatic carbocycles. The fourth-order valence-corrected chi connectivity index (χ4v) is 3.63. The summed E-state index contributed by atoms with van der Waals surface area (Å²) in [6.07, 6.45) is 0.732. The van der Waals surface area contributed by atoms with Crippen LogP contribution in [0.3, 0.4) is 0 Å². The Morgan fingerprint density at radius 3 is 2.29 bits per heavy atom. The van der Waals surface area contributed by atoms with Gasteiger partial charge in [-0.15, -0.1) is 0 Å². The normalized spacial score (nSPS) is 28.1. The number of hydrogen-bond donors (Lipinski definition) is 1. The van der Waals surface area contributed by atoms with Crippen LogP contribution in [0.5, 0.6) is 11.5 Å². The topological polar surface area (TPSA) is 38.7 Å². The lowest BCUT2D eigenvalue weighted by atomic mass is 9.87. The van der Waals surface area contributed by atoms with Crippen molar-refractivity contribution in [3.05, 3.63) is 23.8 Å². The van der Waals surface area contributed by atoms with E-state index in [-0.39, 0.29) is 5.25 Å². The van der Waals surface area contributed by atoms with E-state index in [1.165, 1.54) is 0 Å². The lowest BCUT2D eigenvalue weighted by Gasteiger charge is -2.30. The number of aliphatic hydroxyl groups is 1. The number of methoxy groups -OCH3 is 2. The molecule has 2 atom stereocenters. The Morgan fingerprint density at radius 2 is 1.88 bits per heavy atom. The summed E-state index contributed by atoms with van der Waals surface area (Å²) >= 11 is 1.78. The summed E-state index contributed by atoms with van der Waals surface area (Å²) in [5.74, 6) is 2.35. The van der Waals surface area contributed by atoms with Crippen LogP contribution in [0.25, 0.3) is 0 Å². The Bertz CT molecular complexity index is 385. The average Bonchev–Trinajstić information content (AvgIpc) is 2.69. The van der Waals surface area contributed by atoms with E-state index in [0.29, 0.717) is 11.5 Å². The number of benzene rings is 1. The highest BCUT2D eigenvalue weighted by Crippen LogP contribution is 2.49. The van der Waals surface area contributed by atoms with Crippen molar-refractivity contribution in [3.63, 3.8) is 0 Å². The molecule has 1 N–H and O–H groups in total. The lowest BCUT2D eigenvalue weighted by molar-refractivity contribution is 0.0376. The third-order valence-corrected chi connectivity index (χ3v) is 4.71. The molecule has 1 saturated heterocycles. The lowest BCUT2D eigenvalue weighted by Crippen LogP contribution is -2.32. The van der Waals surface area contributed by atoms with Crippen molar-refractivity contribution in [2.75, 3.05) is 20.0 Å². The van der Waals surface area contributed by atoms with Crippen molar-refractivity contribution >= 4 is 11.8 Å². The van der Waals surface area contributed by atoms with Gasteiger partial charge in [0.2, 0.25) is 0 Å². The van der Waals surface area contributed by atoms with E-state index < -0.39 is 5.60 Å². The molecule has 0 spiro atoms. The first-order valence-electron chi connectivity index (χ1n) is 5.69. The molecule has 0 aromatic heterocycles. The summed E-state index contributed by atoms with van der Waals surface area (Å²) in [6, 6.07) is 5.61. The maximum Gasteiger partial charge on any atom is 0.128 e. The summed E-state index contributed by atoms with van der Waals surface area (Å²) in [4.78, 5) is 0. The first-order chi connectivity index (χ1) is 8.13. The number of ether oxygens (including phenoxy) is 2. The third-order valence-electron chi connectivity index (χ3n) is 3.38. The van der Waals surface area contributed by atoms with E-state index in [2.05, 4.69) is 0 Å². The first kappa shape index (κ1) is 12.6. The largest absolute Gasteiger partial charge is 0.496 e. The molecule has 0 bridgehead atoms. The molecule has 1 aromatic carbocycles. The summed E-state index contributed by atoms with van der Waals surface area (Å²) in [5, 5.41) is 11.0. The van der Waals surface area contributed by atoms with E-state index in [0.717, 1.165) is 17.7 Å². The zero-order valence-electron chi connectivity index (χ0n) is 10.4. The van der Waals surface area contributed by atoms with Crippen LogP contribution in [0.4, 0.5) is 0 Å². The van der Waals surface area contributed by atoms with Crippen molar-refractivity contribution in [1.29, 1.82) is 0 Å². The second kappa shape index (κ2) is 4.78. The fraction of sp³-hybridized carbons (Fsp3) is 0.538. The van der Waals surface area contributed by atoms with Crippen LogP contribution in [0.1, 0.15) is 18.9 Å². The van der Waals surface area contributed by atoms with Gasteiger partial charge in [0.1, 0.15) is 17.1 Å². The highest BCUT2D eigenvalue weighted by Gasteiger charge is 2.44. The van der Waals surface area contributed by atoms with Gasteiger partial charge in [0.15, 0.2) is 0 Å². The standard InChI is InChI=1S/C13H18O3S/c1-9-13(14,7-8-17-9)12-10(15-2)5-4-6-11(12)16-3/h4-6,9,14H,7-8H2,1-3H3. The minimum absolute atomic E-state index is 0.146. The SMILES string of the molecule is COc1cccc(OC)c1C1(O)CCSC1C. The van der Waals surface area contributed by atoms with Gasteiger partial charge in [0, 0.05) is 5.25 Å². The molecule has 3 nitrogen and oxygen atoms in total. The van der Waals surface area contributed by atoms with Gasteiger partial charge in [-0.25, -0.2) is 0 Å². The first-order valence-corrected chi connectivity index (χ1v) is 6.74. The van der Waals surface area contributed by atoms with Crippen LogP contribution in [0.15, 0.2) is 18.2 Å². The van der Waals surface area contributed by atoms with Crippen LogP contribution in [0, 0.1) is 0 Å². The van der Waals surface area contributed by atoms with E-state index in [9.17, 15) is 5.11 Å². The molecule has 1 aliphatic heterocycles. The monoisotopic (exact) mass is 254 g/mol. The Kier molecular flexibility index (Phi) is 3.54. The van der Waals surface area contributed by atoms with Crippen LogP contribution >= 0.6 is 11.8 Å². The average molecular weight is 254 g/mol. The molecule has 4 heteroatoms. The van der Waals surface area contributed by atoms with Gasteiger partial charge in [-0.2, -0.15) is 11.8 Å². The molecule has 1 fully saturated rings. The molecule has 2 unspecified atom stereocenters. The molecule has 2 rings (SSSR count). The van der Waals surface area contributed by atoms with E-state index in [1.54, 1.807) is 26.0 Å². The Labute approximate surface area is 106 Å². The van der Waals surface area contributed by atoms with Crippen molar-refractivity contribution in [1.82, 2.24) is 0 Å². The summed E-state index contributed by atoms with van der Waals surface area (Å²) in [6.45, 7) is 2.05. The quantitative estimate of drug-likeness (QED) is 0.899. The predicted octanol–water partition coefficient (Wildman–Crippen LogP) is 2.42. The summed E-state index contributed by atoms with van der Waals surface area (Å²) < 4.78 is 10.7. The van der Waals surface area contributed by atoms with Crippen molar-refractivity contribution in [2.45, 2.75) is 24.2 Å². The van der Waals surface area contributed by atoms with Gasteiger partial charge < -0.3 is 14.6 Å². The fourth-order valence-electron chi connectivity index (χ4n) is 2.34. The van der Waals surface area contributed by atoms with Gasteiger partial charge in [0.25, 0.3) is 0 Å². The second-order valence-corrected chi connectivity index (χ2v) is 5.67. The molecule has 1 heterocycles. The number of rotatable bonds is 3. The predicted molar refractivity (Wildman–Crippen MR) is 70.0 cm³/mol. The van der Waals surface area contributed by atoms with Crippen LogP contribution in [-0.4, -0.2) is 30.3 Å². The van der Waals surface area contributed by atoms with Crippen molar-refractivity contribution in [2.24, 2.45) is 0 Å². The van der Waals surface area contributed by atoms with Crippen molar-refractivity contribution in [3.8, 4) is 11.5 Å². The van der Waals surface area contributed by atoms with Crippen LogP contribution < -0.4 is 9.47 Å². The van der Waals surface area contributed by atoms with Gasteiger partial charge in [-0.1, -0.05) is 13.0 Å². The highest BCUT2D eigenvalue weighted by molar-refractivity contribution is 8.00. The zero-order chi connectivity index (χ0) is 12.5. The second-order valence-electron chi connectivity index (χ2n) is 4.22. The zero-order valence-corrected chi connectivity index (χ0v) is 11.2. The molecule has 0 amide bonds. The number of thioether (sulfide) groups is 1. The van der Waals surface area contributed by atoms with Gasteiger partial charge in [-0.05, 0) is 24.3 Å². The van der Waals surface area contributed by atoms with Gasteiger partial charge in [-0.3, -0.25) is 0 Å². The molecule has 17 heavy (non-hydrogen) atoms. The van der Waals surface area contributed by atoms with Gasteiger partial charge >= 0.3 is 0 Å². The molecule has 94 valence electrons. The molecule has 1 aromatic rings. The molecular weight excluding hydrogens is 236 g/mol.